The number of rotatable bonds is 25. The fourth-order valence-corrected chi connectivity index (χ4v) is 8.32. The van der Waals surface area contributed by atoms with Gasteiger partial charge in [0.05, 0.1) is 32.0 Å². The Balaban J connectivity index is 1.01. The van der Waals surface area contributed by atoms with Crippen LogP contribution in [0.25, 0.3) is 11.1 Å². The molecular formula is C50H59FN6O10S. The number of benzene rings is 4. The van der Waals surface area contributed by atoms with Gasteiger partial charge in [-0.25, -0.2) is 14.2 Å². The number of aliphatic hydroxyl groups excluding tert-OH is 1. The van der Waals surface area contributed by atoms with Crippen LogP contribution < -0.4 is 36.5 Å². The fourth-order valence-electron chi connectivity index (χ4n) is 7.78. The summed E-state index contributed by atoms with van der Waals surface area (Å²) in [6.07, 6.45) is 1.52. The van der Waals surface area contributed by atoms with E-state index >= 15 is 4.39 Å². The molecule has 4 atom stereocenters. The van der Waals surface area contributed by atoms with Crippen LogP contribution in [-0.2, 0) is 42.2 Å². The molecule has 0 spiro atoms. The van der Waals surface area contributed by atoms with Gasteiger partial charge >= 0.3 is 5.97 Å². The lowest BCUT2D eigenvalue weighted by Gasteiger charge is -2.37. The molecule has 0 fully saturated rings. The van der Waals surface area contributed by atoms with Crippen molar-refractivity contribution in [2.24, 2.45) is 11.7 Å². The molecule has 0 saturated heterocycles. The number of carbonyl (C=O) groups is 4. The third-order valence-electron chi connectivity index (χ3n) is 11.2. The van der Waals surface area contributed by atoms with Crippen LogP contribution in [0.5, 0.6) is 17.2 Å². The van der Waals surface area contributed by atoms with E-state index in [1.807, 2.05) is 63.2 Å². The van der Waals surface area contributed by atoms with Crippen LogP contribution in [0, 0.1) is 11.7 Å². The number of carboxylic acid groups (broad SMARTS) is 1. The summed E-state index contributed by atoms with van der Waals surface area (Å²) >= 11 is 1.32. The van der Waals surface area contributed by atoms with E-state index in [0.29, 0.717) is 48.0 Å². The van der Waals surface area contributed by atoms with E-state index in [-0.39, 0.29) is 74.7 Å². The maximum absolute atomic E-state index is 15.6. The van der Waals surface area contributed by atoms with Gasteiger partial charge in [0, 0.05) is 54.3 Å². The van der Waals surface area contributed by atoms with E-state index in [1.54, 1.807) is 35.8 Å². The molecule has 68 heavy (non-hydrogen) atoms. The van der Waals surface area contributed by atoms with Crippen molar-refractivity contribution < 1.29 is 52.7 Å². The number of nitrogens with one attached hydrogen (secondary N) is 4. The lowest BCUT2D eigenvalue weighted by Crippen LogP contribution is -2.54. The first-order chi connectivity index (χ1) is 32.7. The third kappa shape index (κ3) is 14.6. The quantitative estimate of drug-likeness (QED) is 0.0343. The van der Waals surface area contributed by atoms with Crippen molar-refractivity contribution in [3.63, 3.8) is 0 Å². The Morgan fingerprint density at radius 1 is 0.926 bits per heavy atom. The molecule has 8 N–H and O–H groups in total. The molecule has 0 radical (unpaired) electrons. The minimum atomic E-state index is -1.50. The first kappa shape index (κ1) is 51.1. The lowest BCUT2D eigenvalue weighted by atomic mass is 9.81. The molecule has 0 bridgehead atoms. The van der Waals surface area contributed by atoms with Crippen molar-refractivity contribution in [1.29, 1.82) is 0 Å². The first-order valence-corrected chi connectivity index (χ1v) is 23.3. The smallest absolute Gasteiger partial charge is 0.335 e. The summed E-state index contributed by atoms with van der Waals surface area (Å²) in [5.74, 6) is -2.04. The summed E-state index contributed by atoms with van der Waals surface area (Å²) in [5, 5.41) is 33.9. The van der Waals surface area contributed by atoms with Gasteiger partial charge in [-0.1, -0.05) is 56.3 Å². The molecule has 3 amide bonds. The number of aromatic carboxylic acids is 1. The minimum absolute atomic E-state index is 0.0829. The zero-order valence-corrected chi connectivity index (χ0v) is 39.1. The summed E-state index contributed by atoms with van der Waals surface area (Å²) in [4.78, 5) is 54.6. The number of amides is 3. The van der Waals surface area contributed by atoms with Crippen LogP contribution >= 0.6 is 11.3 Å². The Bertz CT molecular complexity index is 2460. The first-order valence-electron chi connectivity index (χ1n) is 22.5. The van der Waals surface area contributed by atoms with E-state index in [2.05, 4.69) is 26.3 Å². The monoisotopic (exact) mass is 954 g/mol. The zero-order valence-electron chi connectivity index (χ0n) is 38.3. The second-order valence-corrected chi connectivity index (χ2v) is 17.9. The lowest BCUT2D eigenvalue weighted by molar-refractivity contribution is -0.135. The number of thiazole rings is 1. The molecule has 4 aromatic carbocycles. The van der Waals surface area contributed by atoms with Gasteiger partial charge in [-0.15, -0.1) is 11.3 Å². The van der Waals surface area contributed by atoms with Gasteiger partial charge in [0.25, 0.3) is 5.91 Å². The second-order valence-electron chi connectivity index (χ2n) is 17.0. The summed E-state index contributed by atoms with van der Waals surface area (Å²) in [5.41, 5.74) is 8.84. The summed E-state index contributed by atoms with van der Waals surface area (Å²) in [6.45, 7) is 7.55. The largest absolute Gasteiger partial charge is 0.487 e. The number of fused-ring (bicyclic) bond motifs is 1. The van der Waals surface area contributed by atoms with Gasteiger partial charge in [0.1, 0.15) is 30.3 Å². The number of hydrogen-bond donors (Lipinski definition) is 7. The number of aromatic nitrogens is 1. The molecule has 1 aromatic heterocycles. The Morgan fingerprint density at radius 3 is 2.35 bits per heavy atom. The Labute approximate surface area is 398 Å². The summed E-state index contributed by atoms with van der Waals surface area (Å²) < 4.78 is 39.6. The molecule has 6 rings (SSSR count). The van der Waals surface area contributed by atoms with Crippen molar-refractivity contribution >= 4 is 40.2 Å². The van der Waals surface area contributed by atoms with Gasteiger partial charge < -0.3 is 56.2 Å². The molecule has 2 heterocycles. The van der Waals surface area contributed by atoms with Crippen molar-refractivity contribution in [2.45, 2.75) is 70.2 Å². The molecule has 0 unspecified atom stereocenters. The van der Waals surface area contributed by atoms with Crippen molar-refractivity contribution in [3.05, 3.63) is 125 Å². The van der Waals surface area contributed by atoms with Crippen molar-refractivity contribution in [3.8, 4) is 28.4 Å². The standard InChI is InChI=1S/C50H59FN6O10S/c1-31(2)25-41(56-47(61)45(59)40(52)26-32-7-5-4-6-8-32)46(60)53-17-19-64-20-21-65-22-23-66-42-27-35-15-16-55-50(3,30-44(58)57-49-54-18-24-68-49)38(35)29-43(42)67-36-13-14-37(39(51)28-36)33-9-11-34(12-10-33)48(62)63/h4-14,18,24,27-29,31,40-41,45,55,59H,15-17,19-23,25-26,30,52H2,1-3H3,(H,53,60)(H,56,61)(H,62,63)(H,54,57,58)/t40-,41+,45+,50-/m1/s1. The van der Waals surface area contributed by atoms with E-state index in [4.69, 9.17) is 24.7 Å². The molecule has 16 nitrogen and oxygen atoms in total. The fraction of sp³-hybridized carbons (Fsp3) is 0.380. The SMILES string of the molecule is CC(C)C[C@H](NC(=O)[C@@H](O)[C@H](N)Cc1ccccc1)C(=O)NCCOCCOCCOc1cc2c(cc1Oc1ccc(-c3ccc(C(=O)O)cc3)c(F)c1)[C@@](C)(CC(=O)Nc1nccs1)NCC2. The second kappa shape index (κ2) is 24.7. The van der Waals surface area contributed by atoms with E-state index in [0.717, 1.165) is 16.7 Å². The topological polar surface area (TPSA) is 233 Å². The molecule has 1 aliphatic heterocycles. The van der Waals surface area contributed by atoms with E-state index in [9.17, 15) is 29.4 Å². The summed E-state index contributed by atoms with van der Waals surface area (Å²) in [7, 11) is 0. The minimum Gasteiger partial charge on any atom is -0.487 e. The van der Waals surface area contributed by atoms with Crippen LogP contribution in [0.4, 0.5) is 9.52 Å². The highest BCUT2D eigenvalue weighted by molar-refractivity contribution is 7.13. The van der Waals surface area contributed by atoms with Gasteiger partial charge in [0.2, 0.25) is 11.8 Å². The average molecular weight is 955 g/mol. The Hall–Kier alpha value is -6.28. The number of aliphatic hydroxyl groups is 1. The number of carbonyl (C=O) groups excluding carboxylic acids is 3. The maximum Gasteiger partial charge on any atom is 0.335 e. The molecular weight excluding hydrogens is 896 g/mol. The molecule has 362 valence electrons. The Morgan fingerprint density at radius 2 is 1.66 bits per heavy atom. The maximum atomic E-state index is 15.6. The van der Waals surface area contributed by atoms with Gasteiger partial charge in [-0.05, 0) is 90.8 Å². The number of nitrogens with two attached hydrogens (primary N) is 1. The van der Waals surface area contributed by atoms with Crippen LogP contribution in [0.15, 0.2) is 96.5 Å². The number of hydrogen-bond acceptors (Lipinski definition) is 13. The highest BCUT2D eigenvalue weighted by Gasteiger charge is 2.36. The van der Waals surface area contributed by atoms with Gasteiger partial charge in [-0.3, -0.25) is 14.4 Å². The number of anilines is 1. The molecule has 1 aliphatic rings. The molecule has 18 heteroatoms. The number of ether oxygens (including phenoxy) is 4. The van der Waals surface area contributed by atoms with Crippen LogP contribution in [0.2, 0.25) is 0 Å². The predicted octanol–water partition coefficient (Wildman–Crippen LogP) is 5.82. The number of nitrogens with zero attached hydrogens (tertiary/aromatic N) is 1. The molecule has 5 aromatic rings. The van der Waals surface area contributed by atoms with Crippen LogP contribution in [0.3, 0.4) is 0 Å². The normalized spacial score (nSPS) is 15.7. The third-order valence-corrected chi connectivity index (χ3v) is 11.9. The van der Waals surface area contributed by atoms with Crippen LogP contribution in [0.1, 0.15) is 60.7 Å². The van der Waals surface area contributed by atoms with E-state index < -0.39 is 47.3 Å². The van der Waals surface area contributed by atoms with Crippen LogP contribution in [-0.4, -0.2) is 103 Å². The zero-order chi connectivity index (χ0) is 48.6. The molecule has 0 aliphatic carbocycles. The van der Waals surface area contributed by atoms with Crippen molar-refractivity contribution in [2.75, 3.05) is 51.4 Å². The van der Waals surface area contributed by atoms with Crippen molar-refractivity contribution in [1.82, 2.24) is 20.9 Å². The van der Waals surface area contributed by atoms with Gasteiger partial charge in [0.15, 0.2) is 16.6 Å². The molecule has 0 saturated carbocycles. The van der Waals surface area contributed by atoms with Gasteiger partial charge in [-0.2, -0.15) is 0 Å². The average Bonchev–Trinajstić information content (AvgIpc) is 3.82. The van der Waals surface area contributed by atoms with E-state index in [1.165, 1.54) is 29.5 Å². The number of carboxylic acids is 1. The highest BCUT2D eigenvalue weighted by Crippen LogP contribution is 2.42. The highest BCUT2D eigenvalue weighted by atomic mass is 32.1. The predicted molar refractivity (Wildman–Crippen MR) is 255 cm³/mol. The Kier molecular flexibility index (Phi) is 18.5. The summed E-state index contributed by atoms with van der Waals surface area (Å²) in [6, 6.07) is 21.6. The number of halogens is 1.